The second-order valence-electron chi connectivity index (χ2n) is 4.90. The van der Waals surface area contributed by atoms with Gasteiger partial charge >= 0.3 is 5.76 Å². The lowest BCUT2D eigenvalue weighted by Gasteiger charge is -2.17. The number of sulfonamides is 1. The number of hydrogen-bond donors (Lipinski definition) is 0. The second kappa shape index (κ2) is 6.91. The summed E-state index contributed by atoms with van der Waals surface area (Å²) in [6, 6.07) is 7.06. The molecule has 24 heavy (non-hydrogen) atoms. The van der Waals surface area contributed by atoms with Crippen LogP contribution in [0.4, 0.5) is 8.78 Å². The van der Waals surface area contributed by atoms with Crippen molar-refractivity contribution in [2.45, 2.75) is 22.1 Å². The second-order valence-corrected chi connectivity index (χ2v) is 8.86. The molecule has 0 radical (unpaired) electrons. The molecule has 1 aromatic carbocycles. The van der Waals surface area contributed by atoms with Crippen molar-refractivity contribution in [3.63, 3.8) is 0 Å². The maximum absolute atomic E-state index is 12.5. The van der Waals surface area contributed by atoms with E-state index >= 15 is 0 Å². The first-order chi connectivity index (χ1) is 11.2. The van der Waals surface area contributed by atoms with Crippen LogP contribution in [0.2, 0.25) is 0 Å². The third-order valence-electron chi connectivity index (χ3n) is 3.22. The minimum Gasteiger partial charge on any atom is -0.264 e. The molecule has 0 aliphatic carbocycles. The molecule has 1 heterocycles. The summed E-state index contributed by atoms with van der Waals surface area (Å²) in [7, 11) is -7.30. The highest BCUT2D eigenvalue weighted by atomic mass is 32.2. The lowest BCUT2D eigenvalue weighted by atomic mass is 10.3. The highest BCUT2D eigenvalue weighted by Gasteiger charge is 2.27. The highest BCUT2D eigenvalue weighted by Crippen LogP contribution is 2.22. The van der Waals surface area contributed by atoms with Crippen LogP contribution in [0.5, 0.6) is 0 Å². The van der Waals surface area contributed by atoms with Crippen LogP contribution >= 0.6 is 0 Å². The highest BCUT2D eigenvalue weighted by molar-refractivity contribution is 7.91. The Morgan fingerprint density at radius 2 is 1.62 bits per heavy atom. The van der Waals surface area contributed by atoms with Crippen molar-refractivity contribution in [3.05, 3.63) is 54.4 Å². The zero-order valence-corrected chi connectivity index (χ0v) is 14.1. The van der Waals surface area contributed by atoms with Crippen LogP contribution in [0, 0.1) is 0 Å². The summed E-state index contributed by atoms with van der Waals surface area (Å²) in [5.74, 6) is -3.56. The van der Waals surface area contributed by atoms with Gasteiger partial charge in [0.2, 0.25) is 19.9 Å². The van der Waals surface area contributed by atoms with Crippen molar-refractivity contribution in [2.24, 2.45) is 0 Å². The number of sulfone groups is 1. The van der Waals surface area contributed by atoms with E-state index in [1.54, 1.807) is 18.3 Å². The molecule has 0 spiro atoms. The molecule has 0 aliphatic heterocycles. The topological polar surface area (TPSA) is 84.4 Å². The molecule has 2 rings (SSSR count). The number of nitrogens with zero attached hydrogens (tertiary/aromatic N) is 2. The first-order valence-electron chi connectivity index (χ1n) is 6.63. The Hall–Kier alpha value is -1.91. The molecule has 0 aliphatic rings. The quantitative estimate of drug-likeness (QED) is 0.769. The van der Waals surface area contributed by atoms with Gasteiger partial charge in [-0.2, -0.15) is 13.1 Å². The van der Waals surface area contributed by atoms with Crippen molar-refractivity contribution in [1.29, 1.82) is 0 Å². The molecule has 6 nitrogen and oxygen atoms in total. The largest absolute Gasteiger partial charge is 0.341 e. The molecule has 0 saturated carbocycles. The van der Waals surface area contributed by atoms with Crippen LogP contribution in [-0.4, -0.2) is 38.9 Å². The standard InChI is InChI=1S/C14H14F2N2O4S2/c1-18(10-11-3-2-8-17-9-11)24(21,22)13-6-4-12(5-7-13)23(19,20)14(15)16/h2-9,14H,10H2,1H3. The first-order valence-corrected chi connectivity index (χ1v) is 9.61. The lowest BCUT2D eigenvalue weighted by molar-refractivity contribution is 0.234. The molecular formula is C14H14F2N2O4S2. The maximum Gasteiger partial charge on any atom is 0.341 e. The Morgan fingerprint density at radius 1 is 1.04 bits per heavy atom. The predicted octanol–water partition coefficient (Wildman–Crippen LogP) is 1.90. The summed E-state index contributed by atoms with van der Waals surface area (Å²) in [6.07, 6.45) is 3.07. The normalized spacial score (nSPS) is 12.7. The zero-order valence-electron chi connectivity index (χ0n) is 12.5. The minimum absolute atomic E-state index is 0.0628. The molecule has 10 heteroatoms. The number of pyridine rings is 1. The van der Waals surface area contributed by atoms with Gasteiger partial charge < -0.3 is 0 Å². The van der Waals surface area contributed by atoms with Crippen LogP contribution in [0.15, 0.2) is 58.6 Å². The van der Waals surface area contributed by atoms with Gasteiger partial charge in [0.05, 0.1) is 9.79 Å². The summed E-state index contributed by atoms with van der Waals surface area (Å²) in [6.45, 7) is 0.0628. The third-order valence-corrected chi connectivity index (χ3v) is 6.44. The van der Waals surface area contributed by atoms with Crippen molar-refractivity contribution in [1.82, 2.24) is 9.29 Å². The average molecular weight is 376 g/mol. The summed E-state index contributed by atoms with van der Waals surface area (Å²) < 4.78 is 73.6. The maximum atomic E-state index is 12.5. The Kier molecular flexibility index (Phi) is 5.31. The molecule has 0 fully saturated rings. The SMILES string of the molecule is CN(Cc1cccnc1)S(=O)(=O)c1ccc(S(=O)(=O)C(F)F)cc1. The van der Waals surface area contributed by atoms with E-state index < -0.39 is 30.5 Å². The number of alkyl halides is 2. The van der Waals surface area contributed by atoms with Gasteiger partial charge in [0.25, 0.3) is 0 Å². The Bertz CT molecular complexity index is 900. The van der Waals surface area contributed by atoms with E-state index in [2.05, 4.69) is 4.98 Å². The van der Waals surface area contributed by atoms with Crippen molar-refractivity contribution >= 4 is 19.9 Å². The number of rotatable bonds is 6. The Morgan fingerprint density at radius 3 is 2.12 bits per heavy atom. The molecule has 0 amide bonds. The molecular weight excluding hydrogens is 362 g/mol. The molecule has 2 aromatic rings. The van der Waals surface area contributed by atoms with E-state index in [1.807, 2.05) is 0 Å². The smallest absolute Gasteiger partial charge is 0.264 e. The number of aromatic nitrogens is 1. The van der Waals surface area contributed by atoms with Gasteiger partial charge in [-0.25, -0.2) is 16.8 Å². The summed E-state index contributed by atoms with van der Waals surface area (Å²) in [5, 5.41) is 0. The van der Waals surface area contributed by atoms with Gasteiger partial charge in [0.1, 0.15) is 0 Å². The predicted molar refractivity (Wildman–Crippen MR) is 82.5 cm³/mol. The van der Waals surface area contributed by atoms with Crippen LogP contribution < -0.4 is 0 Å². The van der Waals surface area contributed by atoms with E-state index in [9.17, 15) is 25.6 Å². The number of hydrogen-bond acceptors (Lipinski definition) is 5. The van der Waals surface area contributed by atoms with E-state index in [0.717, 1.165) is 28.6 Å². The van der Waals surface area contributed by atoms with Gasteiger partial charge in [-0.1, -0.05) is 6.07 Å². The van der Waals surface area contributed by atoms with Crippen LogP contribution in [0.3, 0.4) is 0 Å². The van der Waals surface area contributed by atoms with Crippen LogP contribution in [0.1, 0.15) is 5.56 Å². The molecule has 1 aromatic heterocycles. The van der Waals surface area contributed by atoms with Gasteiger partial charge in [0.15, 0.2) is 0 Å². The molecule has 0 unspecified atom stereocenters. The van der Waals surface area contributed by atoms with Gasteiger partial charge in [-0.05, 0) is 35.9 Å². The minimum atomic E-state index is -4.76. The molecule has 0 N–H and O–H groups in total. The van der Waals surface area contributed by atoms with E-state index in [1.165, 1.54) is 13.2 Å². The zero-order chi connectivity index (χ0) is 18.0. The fourth-order valence-corrected chi connectivity index (χ4v) is 3.80. The van der Waals surface area contributed by atoms with Crippen molar-refractivity contribution < 1.29 is 25.6 Å². The summed E-state index contributed by atoms with van der Waals surface area (Å²) in [5.41, 5.74) is 0.667. The molecule has 0 saturated heterocycles. The fourth-order valence-electron chi connectivity index (χ4n) is 1.92. The Balaban J connectivity index is 2.27. The number of halogens is 2. The van der Waals surface area contributed by atoms with E-state index in [-0.39, 0.29) is 11.4 Å². The summed E-state index contributed by atoms with van der Waals surface area (Å²) in [4.78, 5) is 3.06. The Labute approximate surface area is 138 Å². The number of benzene rings is 1. The first kappa shape index (κ1) is 18.4. The van der Waals surface area contributed by atoms with Crippen LogP contribution in [0.25, 0.3) is 0 Å². The molecule has 130 valence electrons. The van der Waals surface area contributed by atoms with E-state index in [4.69, 9.17) is 0 Å². The van der Waals surface area contributed by atoms with Crippen molar-refractivity contribution in [3.8, 4) is 0 Å². The van der Waals surface area contributed by atoms with Gasteiger partial charge in [-0.15, -0.1) is 0 Å². The van der Waals surface area contributed by atoms with Gasteiger partial charge in [-0.3, -0.25) is 4.98 Å². The fraction of sp³-hybridized carbons (Fsp3) is 0.214. The molecule has 0 atom stereocenters. The van der Waals surface area contributed by atoms with Gasteiger partial charge in [0, 0.05) is 26.0 Å². The third kappa shape index (κ3) is 3.77. The average Bonchev–Trinajstić information content (AvgIpc) is 2.55. The van der Waals surface area contributed by atoms with Crippen LogP contribution in [-0.2, 0) is 26.4 Å². The van der Waals surface area contributed by atoms with E-state index in [0.29, 0.717) is 5.56 Å². The van der Waals surface area contributed by atoms with Crippen molar-refractivity contribution in [2.75, 3.05) is 7.05 Å². The lowest BCUT2D eigenvalue weighted by Crippen LogP contribution is -2.26. The summed E-state index contributed by atoms with van der Waals surface area (Å²) >= 11 is 0. The molecule has 0 bridgehead atoms. The monoisotopic (exact) mass is 376 g/mol.